The Morgan fingerprint density at radius 3 is 2.27 bits per heavy atom. The molecule has 1 aliphatic heterocycles. The minimum absolute atomic E-state index is 0.135. The van der Waals surface area contributed by atoms with Crippen LogP contribution in [-0.2, 0) is 16.6 Å². The van der Waals surface area contributed by atoms with Crippen LogP contribution in [-0.4, -0.2) is 94.8 Å². The van der Waals surface area contributed by atoms with Gasteiger partial charge in [0.1, 0.15) is 11.4 Å². The number of hydrogen-bond donors (Lipinski definition) is 2. The first-order valence-electron chi connectivity index (χ1n) is 16.7. The summed E-state index contributed by atoms with van der Waals surface area (Å²) in [7, 11) is 1.16. The van der Waals surface area contributed by atoms with E-state index >= 15 is 0 Å². The maximum Gasteiger partial charge on any atom is 0.293 e. The molecule has 270 valence electrons. The minimum atomic E-state index is -4.41. The van der Waals surface area contributed by atoms with E-state index in [1.165, 1.54) is 17.7 Å². The molecule has 0 bridgehead atoms. The number of piperazine rings is 1. The average Bonchev–Trinajstić information content (AvgIpc) is 3.13. The highest BCUT2D eigenvalue weighted by Gasteiger charge is 2.25. The van der Waals surface area contributed by atoms with Crippen molar-refractivity contribution in [3.05, 3.63) is 118 Å². The summed E-state index contributed by atoms with van der Waals surface area (Å²) in [5.41, 5.74) is 2.13. The zero-order valence-corrected chi connectivity index (χ0v) is 30.7. The predicted molar refractivity (Wildman–Crippen MR) is 202 cm³/mol. The molecule has 1 unspecified atom stereocenters. The number of thioether (sulfide) groups is 1. The van der Waals surface area contributed by atoms with Crippen molar-refractivity contribution in [3.63, 3.8) is 0 Å². The molecular formula is C37H44N6O6S2. The van der Waals surface area contributed by atoms with Gasteiger partial charge in [-0.15, -0.1) is 11.8 Å². The lowest BCUT2D eigenvalue weighted by Crippen LogP contribution is -2.46. The van der Waals surface area contributed by atoms with Gasteiger partial charge in [-0.3, -0.25) is 19.8 Å². The number of methoxy groups -OCH3 is 1. The summed E-state index contributed by atoms with van der Waals surface area (Å²) >= 11 is 1.63. The van der Waals surface area contributed by atoms with Crippen molar-refractivity contribution < 1.29 is 22.9 Å². The Morgan fingerprint density at radius 2 is 1.65 bits per heavy atom. The van der Waals surface area contributed by atoms with Gasteiger partial charge >= 0.3 is 0 Å². The van der Waals surface area contributed by atoms with E-state index in [9.17, 15) is 23.3 Å². The Labute approximate surface area is 304 Å². The van der Waals surface area contributed by atoms with Gasteiger partial charge in [-0.05, 0) is 93.3 Å². The number of carbonyl (C=O) groups is 1. The summed E-state index contributed by atoms with van der Waals surface area (Å²) in [6.45, 7) is 4.96. The topological polar surface area (TPSA) is 137 Å². The third-order valence-electron chi connectivity index (χ3n) is 8.61. The van der Waals surface area contributed by atoms with E-state index in [0.29, 0.717) is 12.2 Å². The Balaban J connectivity index is 1.19. The number of nitro benzene ring substituents is 1. The van der Waals surface area contributed by atoms with Crippen LogP contribution in [0.3, 0.4) is 0 Å². The molecule has 0 aliphatic carbocycles. The largest absolute Gasteiger partial charge is 0.497 e. The summed E-state index contributed by atoms with van der Waals surface area (Å²) in [5, 5.41) is 15.4. The summed E-state index contributed by atoms with van der Waals surface area (Å²) in [6.07, 6.45) is 0.708. The first-order valence-corrected chi connectivity index (χ1v) is 19.1. The van der Waals surface area contributed by atoms with Crippen LogP contribution in [0.5, 0.6) is 5.75 Å². The quantitative estimate of drug-likeness (QED) is 0.0850. The van der Waals surface area contributed by atoms with Crippen LogP contribution in [0.2, 0.25) is 0 Å². The van der Waals surface area contributed by atoms with Crippen molar-refractivity contribution in [2.75, 3.05) is 69.9 Å². The molecule has 4 aromatic rings. The second-order valence-electron chi connectivity index (χ2n) is 12.6. The molecule has 1 amide bonds. The highest BCUT2D eigenvalue weighted by Crippen LogP contribution is 2.30. The van der Waals surface area contributed by atoms with Crippen LogP contribution in [0.4, 0.5) is 17.1 Å². The van der Waals surface area contributed by atoms with Crippen LogP contribution in [0, 0.1) is 10.1 Å². The number of nitrogens with zero attached hydrogens (tertiary/aromatic N) is 4. The molecule has 2 N–H and O–H groups in total. The standard InChI is InChI=1S/C37H44N6O6S2/c1-40(2)20-19-30(27-50-33-7-5-4-6-8-33)38-35-18-17-34(25-36(35)43(45)46)51(47,48)39-37(44)29-11-13-31(14-12-29)42-23-21-41(22-24-42)26-28-9-15-32(49-3)16-10-28/h4-18,25,30,38H,19-24,26-27H2,1-3H3,(H,39,44). The fourth-order valence-electron chi connectivity index (χ4n) is 5.71. The Morgan fingerprint density at radius 1 is 0.961 bits per heavy atom. The van der Waals surface area contributed by atoms with Gasteiger partial charge in [-0.2, -0.15) is 0 Å². The molecule has 0 saturated carbocycles. The minimum Gasteiger partial charge on any atom is -0.497 e. The lowest BCUT2D eigenvalue weighted by atomic mass is 10.1. The van der Waals surface area contributed by atoms with Gasteiger partial charge in [0, 0.05) is 66.7 Å². The first-order chi connectivity index (χ1) is 24.5. The van der Waals surface area contributed by atoms with Gasteiger partial charge in [0.05, 0.1) is 16.9 Å². The highest BCUT2D eigenvalue weighted by atomic mass is 32.2. The molecule has 5 rings (SSSR count). The summed E-state index contributed by atoms with van der Waals surface area (Å²) in [5.74, 6) is 0.654. The van der Waals surface area contributed by atoms with E-state index in [-0.39, 0.29) is 22.2 Å². The van der Waals surface area contributed by atoms with Crippen molar-refractivity contribution in [1.29, 1.82) is 0 Å². The number of nitro groups is 1. The molecule has 0 aromatic heterocycles. The van der Waals surface area contributed by atoms with Gasteiger partial charge in [-0.25, -0.2) is 13.1 Å². The number of nitrogens with one attached hydrogen (secondary N) is 2. The maximum absolute atomic E-state index is 13.3. The summed E-state index contributed by atoms with van der Waals surface area (Å²) in [6, 6.07) is 28.2. The number of amides is 1. The average molecular weight is 733 g/mol. The van der Waals surface area contributed by atoms with E-state index in [1.54, 1.807) is 43.1 Å². The monoisotopic (exact) mass is 732 g/mol. The number of sulfonamides is 1. The van der Waals surface area contributed by atoms with Gasteiger partial charge < -0.3 is 19.9 Å². The fraction of sp³-hybridized carbons (Fsp3) is 0.324. The van der Waals surface area contributed by atoms with E-state index in [1.807, 2.05) is 61.5 Å². The zero-order valence-electron chi connectivity index (χ0n) is 29.0. The number of hydrogen-bond acceptors (Lipinski definition) is 11. The molecule has 1 aliphatic rings. The predicted octanol–water partition coefficient (Wildman–Crippen LogP) is 5.57. The summed E-state index contributed by atoms with van der Waals surface area (Å²) in [4.78, 5) is 31.9. The van der Waals surface area contributed by atoms with Crippen molar-refractivity contribution in [1.82, 2.24) is 14.5 Å². The molecule has 1 atom stereocenters. The van der Waals surface area contributed by atoms with Crippen LogP contribution in [0.1, 0.15) is 22.3 Å². The zero-order chi connectivity index (χ0) is 36.4. The molecule has 1 heterocycles. The molecule has 0 radical (unpaired) electrons. The smallest absolute Gasteiger partial charge is 0.293 e. The number of rotatable bonds is 16. The Bertz CT molecular complexity index is 1870. The highest BCUT2D eigenvalue weighted by molar-refractivity contribution is 7.99. The van der Waals surface area contributed by atoms with E-state index in [2.05, 4.69) is 32.0 Å². The van der Waals surface area contributed by atoms with E-state index in [0.717, 1.165) is 61.7 Å². The molecule has 51 heavy (non-hydrogen) atoms. The van der Waals surface area contributed by atoms with Crippen molar-refractivity contribution in [2.45, 2.75) is 28.8 Å². The Hall–Kier alpha value is -4.63. The molecule has 4 aromatic carbocycles. The Kier molecular flexibility index (Phi) is 12.9. The lowest BCUT2D eigenvalue weighted by molar-refractivity contribution is -0.384. The molecule has 14 heteroatoms. The third-order valence-corrected chi connectivity index (χ3v) is 11.1. The molecule has 12 nitrogen and oxygen atoms in total. The first kappa shape index (κ1) is 37.6. The second kappa shape index (κ2) is 17.5. The van der Waals surface area contributed by atoms with Crippen LogP contribution < -0.4 is 19.7 Å². The number of benzene rings is 4. The molecular weight excluding hydrogens is 689 g/mol. The number of carbonyl (C=O) groups excluding carboxylic acids is 1. The molecule has 0 spiro atoms. The lowest BCUT2D eigenvalue weighted by Gasteiger charge is -2.36. The van der Waals surface area contributed by atoms with Gasteiger partial charge in [0.25, 0.3) is 21.6 Å². The van der Waals surface area contributed by atoms with Crippen molar-refractivity contribution in [3.8, 4) is 5.75 Å². The van der Waals surface area contributed by atoms with Crippen LogP contribution in [0.25, 0.3) is 0 Å². The van der Waals surface area contributed by atoms with Gasteiger partial charge in [0.15, 0.2) is 0 Å². The van der Waals surface area contributed by atoms with Crippen LogP contribution in [0.15, 0.2) is 107 Å². The van der Waals surface area contributed by atoms with Crippen molar-refractivity contribution >= 4 is 44.8 Å². The number of ether oxygens (including phenoxy) is 1. The van der Waals surface area contributed by atoms with Gasteiger partial charge in [0.2, 0.25) is 0 Å². The van der Waals surface area contributed by atoms with Crippen molar-refractivity contribution in [2.24, 2.45) is 0 Å². The van der Waals surface area contributed by atoms with Gasteiger partial charge in [-0.1, -0.05) is 30.3 Å². The fourth-order valence-corrected chi connectivity index (χ4v) is 7.70. The van der Waals surface area contributed by atoms with E-state index < -0.39 is 26.5 Å². The molecule has 1 fully saturated rings. The third kappa shape index (κ3) is 10.7. The normalized spacial score (nSPS) is 14.2. The second-order valence-corrected chi connectivity index (χ2v) is 15.4. The van der Waals surface area contributed by atoms with E-state index in [4.69, 9.17) is 4.74 Å². The SMILES string of the molecule is COc1ccc(CN2CCN(c3ccc(C(=O)NS(=O)(=O)c4ccc(NC(CCN(C)C)CSc5ccccc5)c([N+](=O)[O-])c4)cc3)CC2)cc1. The number of anilines is 2. The maximum atomic E-state index is 13.3. The summed E-state index contributed by atoms with van der Waals surface area (Å²) < 4.78 is 33.8. The van der Waals surface area contributed by atoms with Crippen LogP contribution >= 0.6 is 11.8 Å². The molecule has 1 saturated heterocycles.